The van der Waals surface area contributed by atoms with E-state index in [1.165, 1.54) is 73.2 Å². The van der Waals surface area contributed by atoms with Crippen LogP contribution >= 0.6 is 76.2 Å². The molecule has 0 aromatic carbocycles. The van der Waals surface area contributed by atoms with Gasteiger partial charge < -0.3 is 74.4 Å². The molecule has 0 aliphatic carbocycles. The normalized spacial score (nSPS) is 11.3. The van der Waals surface area contributed by atoms with Crippen molar-refractivity contribution in [3.8, 4) is 0 Å². The van der Waals surface area contributed by atoms with Gasteiger partial charge in [0, 0.05) is 82.9 Å². The van der Waals surface area contributed by atoms with Gasteiger partial charge in [0.05, 0.1) is 38.1 Å². The maximum atomic E-state index is 10.9. The van der Waals surface area contributed by atoms with Crippen LogP contribution < -0.4 is 48.5 Å². The predicted octanol–water partition coefficient (Wildman–Crippen LogP) is 1.00. The van der Waals surface area contributed by atoms with Crippen molar-refractivity contribution in [3.05, 3.63) is 24.3 Å². The average Bonchev–Trinajstić information content (AvgIpc) is 3.71. The zero-order valence-corrected chi connectivity index (χ0v) is 52.7. The highest BCUT2D eigenvalue weighted by Gasteiger charge is 2.21. The van der Waals surface area contributed by atoms with E-state index in [1.54, 1.807) is 26.6 Å². The molecule has 1 rings (SSSR count). The molecule has 0 radical (unpaired) electrons. The summed E-state index contributed by atoms with van der Waals surface area (Å²) in [4.78, 5) is 126. The second kappa shape index (κ2) is 83.2. The number of nitrogens with zero attached hydrogens (tertiary/aromatic N) is 2. The fraction of sp³-hybridized carbons (Fsp3) is 0.556. The Hall–Kier alpha value is -5.16. The van der Waals surface area contributed by atoms with Gasteiger partial charge in [0.25, 0.3) is 11.8 Å². The van der Waals surface area contributed by atoms with Gasteiger partial charge in [-0.15, -0.1) is 11.8 Å². The van der Waals surface area contributed by atoms with E-state index in [1.807, 2.05) is 0 Å². The van der Waals surface area contributed by atoms with E-state index in [9.17, 15) is 57.5 Å². The van der Waals surface area contributed by atoms with E-state index >= 15 is 0 Å². The van der Waals surface area contributed by atoms with Crippen LogP contribution in [0.1, 0.15) is 28.5 Å². The molecule has 7 amide bonds. The van der Waals surface area contributed by atoms with Crippen molar-refractivity contribution in [2.75, 3.05) is 83.0 Å². The summed E-state index contributed by atoms with van der Waals surface area (Å²) in [5, 5.41) is 70.2. The van der Waals surface area contributed by atoms with Crippen LogP contribution in [0, 0.1) is 20.6 Å². The minimum atomic E-state index is -1.13. The van der Waals surface area contributed by atoms with Crippen LogP contribution in [0.25, 0.3) is 0 Å². The number of nitrogens with one attached hydrogen (secondary N) is 12. The quantitative estimate of drug-likeness (QED) is 0.0487. The zero-order chi connectivity index (χ0) is 66.5. The molecular formula is C36H81N15O18P6S3. The summed E-state index contributed by atoms with van der Waals surface area (Å²) in [6.45, 7) is 0. The predicted molar refractivity (Wildman–Crippen MR) is 318 cm³/mol. The number of carboxylic acid groups (broad SMARTS) is 5. The van der Waals surface area contributed by atoms with E-state index in [4.69, 9.17) is 32.6 Å². The van der Waals surface area contributed by atoms with Crippen LogP contribution in [0.5, 0.6) is 0 Å². The highest BCUT2D eigenvalue weighted by Crippen LogP contribution is 2.11. The Kier molecular flexibility index (Phi) is 95.3. The highest BCUT2D eigenvalue weighted by atomic mass is 32.4. The molecule has 4 atom stereocenters. The first-order valence-corrected chi connectivity index (χ1v) is 26.1. The number of hydrogen-bond acceptors (Lipinski definition) is 23. The minimum Gasteiger partial charge on any atom is -0.481 e. The molecule has 0 aromatic heterocycles. The summed E-state index contributed by atoms with van der Waals surface area (Å²) >= 11 is 6.79. The lowest BCUT2D eigenvalue weighted by Gasteiger charge is -2.10. The molecule has 1 heterocycles. The Bertz CT molecular complexity index is 1810. The Morgan fingerprint density at radius 2 is 1.06 bits per heavy atom. The summed E-state index contributed by atoms with van der Waals surface area (Å²) in [6, 6.07) is -1.44. The van der Waals surface area contributed by atoms with Crippen molar-refractivity contribution in [3.63, 3.8) is 0 Å². The molecule has 33 nitrogen and oxygen atoms in total. The first kappa shape index (κ1) is 89.4. The average molecular weight is 1300 g/mol. The Morgan fingerprint density at radius 3 is 1.27 bits per heavy atom. The largest absolute Gasteiger partial charge is 0.481 e. The number of hydrogen-bond donors (Lipinski definition) is 18. The SMILES string of the molecule is CN1C(=O)C=CC1=O.CN=P.CNC(=O)/C=C\C(=O)O.CNC(=O)C(CC(=O)O)NC.CNC(=O)C(CC(=O)O)SC.CNC(=O)CC(NC)C(=O)O.CNC(=O)CC(SC)C(=O)O.N.O.[2HH].[2H]CNP=S.[2H]N=P.[2H]N=P.[2H]N=P.[2H]N=P. The van der Waals surface area contributed by atoms with Crippen LogP contribution in [0.15, 0.2) is 29.0 Å². The Labute approximate surface area is 488 Å². The summed E-state index contributed by atoms with van der Waals surface area (Å²) in [5.41, 5.74) is 0. The molecule has 42 heteroatoms. The number of rotatable bonds is 19. The molecule has 456 valence electrons. The second-order valence-corrected chi connectivity index (χ2v) is 14.9. The standard InChI is InChI=1S/2C6H12N2O3.2C6H11NO3S.C5H7NO3.C5H5NO2.CH4NPS.CH4NP.4H2NP.H3N.H2O.H2/c1-7-4(3-5(9)10)6(11)8-2;1-7-4(6(10)11)3-5(9)8-2;1-7-6(10)4(11-2)3-5(8)9;1-7-5(8)3-4(11-2)6(9)10;1-6-4(7)2-3-5(8)9;1-6-4(7)2-3-5(6)8;1-2-3-4;1-2-3;4*1-2;;;/h4,7H,3H2,1-2H3,(H,8,11)(H,9,10);4,7H,3H2,1-2H3,(H,8,9)(H,10,11);4H,3H2,1-2H3,(H,7,10)(H,8,9);4H,3H2,1-2H3,(H,7,8)(H,9,10);2-3H,1H3,(H,6,7)(H,8,9);2-3H,1H3;1H3,(H,2,4);3H,1H3;4*1-2H;1H3;1H2;1H/b;;;;3-2-;;;;;;;;;;/i;;;;;;1D;;;;;;;;1+1/hD4. The topological polar surface area (TPSA) is 580 Å². The molecule has 0 spiro atoms. The number of carboxylic acids is 5. The Morgan fingerprint density at radius 1 is 0.692 bits per heavy atom. The van der Waals surface area contributed by atoms with E-state index < -0.39 is 58.3 Å². The van der Waals surface area contributed by atoms with Crippen molar-refractivity contribution in [2.45, 2.75) is 48.3 Å². The van der Waals surface area contributed by atoms with Crippen LogP contribution in [0.2, 0.25) is 5.65 Å². The number of aliphatic carboxylic acids is 5. The molecule has 1 aliphatic heterocycles. The minimum absolute atomic E-state index is 0. The van der Waals surface area contributed by atoms with E-state index in [2.05, 4.69) is 125 Å². The molecule has 4 unspecified atom stereocenters. The Balaban J connectivity index is -0.0000000545. The van der Waals surface area contributed by atoms with Gasteiger partial charge in [0.2, 0.25) is 29.5 Å². The molecule has 0 aromatic rings. The number of amides is 7. The van der Waals surface area contributed by atoms with E-state index in [0.29, 0.717) is 7.51 Å². The molecule has 22 N–H and O–H groups in total. The van der Waals surface area contributed by atoms with Gasteiger partial charge in [-0.2, -0.15) is 11.8 Å². The zero-order valence-electron chi connectivity index (χ0n) is 49.4. The van der Waals surface area contributed by atoms with Gasteiger partial charge in [0.1, 0.15) is 11.3 Å². The van der Waals surface area contributed by atoms with Crippen LogP contribution in [-0.4, -0.2) is 213 Å². The number of carbonyl (C=O) groups excluding carboxylic acids is 7. The third-order valence-electron chi connectivity index (χ3n) is 6.72. The van der Waals surface area contributed by atoms with Crippen molar-refractivity contribution >= 4 is 159 Å². The van der Waals surface area contributed by atoms with Gasteiger partial charge >= 0.3 is 29.8 Å². The third-order valence-corrected chi connectivity index (χ3v) is 9.12. The molecule has 1 aliphatic rings. The number of thioether (sulfide) groups is 2. The smallest absolute Gasteiger partial charge is 0.328 e. The van der Waals surface area contributed by atoms with Crippen molar-refractivity contribution in [2.24, 2.45) is 4.74 Å². The third kappa shape index (κ3) is 84.8. The molecule has 0 saturated carbocycles. The van der Waals surface area contributed by atoms with Crippen LogP contribution in [0.4, 0.5) is 0 Å². The first-order chi connectivity index (χ1) is 37.8. The molecule has 0 fully saturated rings. The maximum Gasteiger partial charge on any atom is 0.328 e. The van der Waals surface area contributed by atoms with Gasteiger partial charge in [-0.3, -0.25) is 88.1 Å². The summed E-state index contributed by atoms with van der Waals surface area (Å²) in [5.74, 6) is -7.01. The lowest BCUT2D eigenvalue weighted by Crippen LogP contribution is -2.42. The molecular weight excluding hydrogens is 1210 g/mol. The lowest BCUT2D eigenvalue weighted by atomic mass is 10.2. The fourth-order valence-corrected chi connectivity index (χ4v) is 4.29. The monoisotopic (exact) mass is 1300 g/mol. The maximum absolute atomic E-state index is 10.9. The number of likely N-dealkylation sites (N-methyl/N-ethyl adjacent to an activating group) is 5. The van der Waals surface area contributed by atoms with Crippen molar-refractivity contribution in [1.82, 2.24) is 53.4 Å². The number of carbonyl (C=O) groups is 12. The summed E-state index contributed by atoms with van der Waals surface area (Å²) in [6.07, 6.45) is 7.28. The fourth-order valence-electron chi connectivity index (χ4n) is 3.12. The van der Waals surface area contributed by atoms with Gasteiger partial charge in [-0.25, -0.2) is 4.79 Å². The van der Waals surface area contributed by atoms with Gasteiger partial charge in [0.15, 0.2) is 5.65 Å². The lowest BCUT2D eigenvalue weighted by molar-refractivity contribution is -0.141. The highest BCUT2D eigenvalue weighted by molar-refractivity contribution is 8.00. The summed E-state index contributed by atoms with van der Waals surface area (Å²) in [7, 11) is 27.1. The van der Waals surface area contributed by atoms with Crippen molar-refractivity contribution in [1.29, 1.82) is 20.6 Å². The van der Waals surface area contributed by atoms with Gasteiger partial charge in [-0.1, -0.05) is 0 Å². The molecule has 78 heavy (non-hydrogen) atoms. The van der Waals surface area contributed by atoms with E-state index in [0.717, 1.165) is 28.8 Å². The first-order valence-electron chi connectivity index (χ1n) is 21.9. The summed E-state index contributed by atoms with van der Waals surface area (Å²) < 4.78 is 32.7. The second-order valence-electron chi connectivity index (χ2n) is 11.3. The van der Waals surface area contributed by atoms with Crippen LogP contribution in [0.3, 0.4) is 0 Å². The van der Waals surface area contributed by atoms with E-state index in [-0.39, 0.29) is 81.2 Å². The van der Waals surface area contributed by atoms with Crippen LogP contribution in [-0.2, 0) is 69.3 Å². The van der Waals surface area contributed by atoms with Crippen molar-refractivity contribution < 1.29 is 97.0 Å². The molecule has 0 saturated heterocycles. The molecule has 0 bridgehead atoms. The van der Waals surface area contributed by atoms with Gasteiger partial charge in [-0.05, 0) is 90.6 Å². The number of imide groups is 1.